The fraction of sp³-hybridized carbons (Fsp3) is 0.200. The molecule has 0 spiro atoms. The molecule has 1 N–H and O–H groups in total. The van der Waals surface area contributed by atoms with Crippen molar-refractivity contribution in [1.82, 2.24) is 0 Å². The van der Waals surface area contributed by atoms with Crippen LogP contribution < -0.4 is 5.32 Å². The van der Waals surface area contributed by atoms with Crippen LogP contribution in [0.25, 0.3) is 0 Å². The second-order valence-electron chi connectivity index (χ2n) is 9.91. The second kappa shape index (κ2) is 9.40. The lowest BCUT2D eigenvalue weighted by atomic mass is 9.69. The molecule has 0 saturated heterocycles. The molecule has 1 aliphatic heterocycles. The third-order valence-electron chi connectivity index (χ3n) is 6.52. The van der Waals surface area contributed by atoms with Crippen molar-refractivity contribution in [2.45, 2.75) is 32.6 Å². The van der Waals surface area contributed by atoms with E-state index in [0.717, 1.165) is 0 Å². The minimum Gasteiger partial charge on any atom is -0.444 e. The first kappa shape index (κ1) is 24.0. The molecular formula is C30H25ClFNO3. The van der Waals surface area contributed by atoms with E-state index in [1.54, 1.807) is 30.3 Å². The van der Waals surface area contributed by atoms with Crippen molar-refractivity contribution in [3.05, 3.63) is 124 Å². The lowest BCUT2D eigenvalue weighted by Crippen LogP contribution is -2.35. The Labute approximate surface area is 214 Å². The van der Waals surface area contributed by atoms with Gasteiger partial charge in [0.15, 0.2) is 11.6 Å². The molecule has 0 saturated carbocycles. The van der Waals surface area contributed by atoms with Crippen LogP contribution in [-0.4, -0.2) is 11.6 Å². The van der Waals surface area contributed by atoms with Gasteiger partial charge < -0.3 is 10.1 Å². The van der Waals surface area contributed by atoms with Crippen LogP contribution in [0, 0.1) is 11.2 Å². The van der Waals surface area contributed by atoms with Crippen LogP contribution in [0.2, 0.25) is 5.02 Å². The summed E-state index contributed by atoms with van der Waals surface area (Å²) in [5.74, 6) is -1.29. The number of ether oxygens (including phenoxy) is 1. The van der Waals surface area contributed by atoms with Crippen molar-refractivity contribution in [2.75, 3.05) is 5.32 Å². The van der Waals surface area contributed by atoms with Gasteiger partial charge in [0.1, 0.15) is 11.6 Å². The maximum absolute atomic E-state index is 14.8. The maximum Gasteiger partial charge on any atom is 0.205 e. The molecular weight excluding hydrogens is 477 g/mol. The normalized spacial score (nSPS) is 19.0. The van der Waals surface area contributed by atoms with E-state index in [0.29, 0.717) is 40.4 Å². The van der Waals surface area contributed by atoms with Crippen molar-refractivity contribution < 1.29 is 18.7 Å². The Bertz CT molecular complexity index is 1410. The topological polar surface area (TPSA) is 55.4 Å². The Balaban J connectivity index is 1.75. The minimum atomic E-state index is -0.743. The van der Waals surface area contributed by atoms with Gasteiger partial charge in [0, 0.05) is 29.1 Å². The van der Waals surface area contributed by atoms with Gasteiger partial charge in [-0.2, -0.15) is 0 Å². The number of rotatable bonds is 5. The number of para-hydroxylation sites is 1. The number of anilines is 1. The molecule has 2 aliphatic rings. The van der Waals surface area contributed by atoms with Gasteiger partial charge >= 0.3 is 0 Å². The zero-order valence-corrected chi connectivity index (χ0v) is 20.7. The molecule has 3 aromatic carbocycles. The molecule has 1 unspecified atom stereocenters. The third kappa shape index (κ3) is 4.59. The van der Waals surface area contributed by atoms with Crippen molar-refractivity contribution in [2.24, 2.45) is 5.41 Å². The first-order valence-corrected chi connectivity index (χ1v) is 12.2. The van der Waals surface area contributed by atoms with E-state index in [4.69, 9.17) is 16.3 Å². The second-order valence-corrected chi connectivity index (χ2v) is 10.3. The third-order valence-corrected chi connectivity index (χ3v) is 6.78. The standard InChI is InChI=1S/C30H25ClFNO3/c1-30(2)16-23(34)26-24(17-30)36-29(33-20-8-4-3-5-9-20)27(25(26)18-12-14-19(31)15-13-18)28(35)21-10-6-7-11-22(21)32/h3-15,25,33H,16-17H2,1-2H3. The van der Waals surface area contributed by atoms with Gasteiger partial charge in [0.25, 0.3) is 0 Å². The Morgan fingerprint density at radius 3 is 2.33 bits per heavy atom. The summed E-state index contributed by atoms with van der Waals surface area (Å²) in [5.41, 5.74) is 1.63. The summed E-state index contributed by atoms with van der Waals surface area (Å²) in [6, 6.07) is 22.2. The molecule has 0 aromatic heterocycles. The number of carbonyl (C=O) groups is 2. The SMILES string of the molecule is CC1(C)CC(=O)C2=C(C1)OC(Nc1ccccc1)=C(C(=O)c1ccccc1F)C2c1ccc(Cl)cc1. The van der Waals surface area contributed by atoms with Crippen LogP contribution in [-0.2, 0) is 9.53 Å². The molecule has 0 bridgehead atoms. The van der Waals surface area contributed by atoms with Crippen LogP contribution in [0.1, 0.15) is 48.5 Å². The number of nitrogens with one attached hydrogen (secondary N) is 1. The molecule has 1 heterocycles. The molecule has 3 aromatic rings. The number of benzene rings is 3. The smallest absolute Gasteiger partial charge is 0.205 e. The van der Waals surface area contributed by atoms with Crippen molar-refractivity contribution >= 4 is 28.9 Å². The zero-order valence-electron chi connectivity index (χ0n) is 20.0. The van der Waals surface area contributed by atoms with Crippen LogP contribution in [0.5, 0.6) is 0 Å². The number of carbonyl (C=O) groups excluding carboxylic acids is 2. The molecule has 0 amide bonds. The Morgan fingerprint density at radius 1 is 0.972 bits per heavy atom. The average Bonchev–Trinajstić information content (AvgIpc) is 2.83. The summed E-state index contributed by atoms with van der Waals surface area (Å²) >= 11 is 6.16. The highest BCUT2D eigenvalue weighted by Crippen LogP contribution is 2.49. The largest absolute Gasteiger partial charge is 0.444 e. The number of halogens is 2. The predicted octanol–water partition coefficient (Wildman–Crippen LogP) is 7.44. The highest BCUT2D eigenvalue weighted by molar-refractivity contribution is 6.30. The van der Waals surface area contributed by atoms with Crippen molar-refractivity contribution in [3.63, 3.8) is 0 Å². The Hall–Kier alpha value is -3.70. The summed E-state index contributed by atoms with van der Waals surface area (Å²) in [6.45, 7) is 4.03. The summed E-state index contributed by atoms with van der Waals surface area (Å²) in [5, 5.41) is 3.76. The van der Waals surface area contributed by atoms with Gasteiger partial charge in [0.2, 0.25) is 5.88 Å². The number of ketones is 2. The van der Waals surface area contributed by atoms with E-state index in [1.165, 1.54) is 18.2 Å². The number of allylic oxidation sites excluding steroid dienone is 3. The average molecular weight is 502 g/mol. The maximum atomic E-state index is 14.8. The fourth-order valence-corrected chi connectivity index (χ4v) is 5.03. The number of hydrogen-bond donors (Lipinski definition) is 1. The first-order valence-electron chi connectivity index (χ1n) is 11.8. The molecule has 1 atom stereocenters. The van der Waals surface area contributed by atoms with Gasteiger partial charge in [0.05, 0.1) is 17.1 Å². The summed E-state index contributed by atoms with van der Waals surface area (Å²) < 4.78 is 21.2. The highest BCUT2D eigenvalue weighted by atomic mass is 35.5. The lowest BCUT2D eigenvalue weighted by molar-refractivity contribution is -0.119. The van der Waals surface area contributed by atoms with Crippen LogP contribution >= 0.6 is 11.6 Å². The number of Topliss-reactive ketones (excluding diaryl/α,β-unsaturated/α-hetero) is 2. The van der Waals surface area contributed by atoms with Crippen molar-refractivity contribution in [3.8, 4) is 0 Å². The van der Waals surface area contributed by atoms with Crippen molar-refractivity contribution in [1.29, 1.82) is 0 Å². The zero-order chi connectivity index (χ0) is 25.4. The van der Waals surface area contributed by atoms with Gasteiger partial charge in [-0.3, -0.25) is 9.59 Å². The quantitative estimate of drug-likeness (QED) is 0.369. The molecule has 182 valence electrons. The van der Waals surface area contributed by atoms with E-state index in [-0.39, 0.29) is 28.2 Å². The monoisotopic (exact) mass is 501 g/mol. The van der Waals surface area contributed by atoms with Crippen LogP contribution in [0.15, 0.2) is 102 Å². The first-order chi connectivity index (χ1) is 17.2. The van der Waals surface area contributed by atoms with Gasteiger partial charge in [-0.1, -0.05) is 67.9 Å². The van der Waals surface area contributed by atoms with Gasteiger partial charge in [-0.25, -0.2) is 4.39 Å². The van der Waals surface area contributed by atoms with Gasteiger partial charge in [-0.05, 0) is 47.4 Å². The summed E-state index contributed by atoms with van der Waals surface area (Å²) in [7, 11) is 0. The van der Waals surface area contributed by atoms with E-state index in [2.05, 4.69) is 5.32 Å². The molecule has 0 fully saturated rings. The molecule has 5 rings (SSSR count). The molecule has 6 heteroatoms. The molecule has 36 heavy (non-hydrogen) atoms. The summed E-state index contributed by atoms with van der Waals surface area (Å²) in [4.78, 5) is 27.5. The minimum absolute atomic E-state index is 0.0844. The molecule has 4 nitrogen and oxygen atoms in total. The van der Waals surface area contributed by atoms with E-state index >= 15 is 0 Å². The fourth-order valence-electron chi connectivity index (χ4n) is 4.90. The van der Waals surface area contributed by atoms with E-state index in [9.17, 15) is 14.0 Å². The number of hydrogen-bond acceptors (Lipinski definition) is 4. The molecule has 1 aliphatic carbocycles. The molecule has 0 radical (unpaired) electrons. The van der Waals surface area contributed by atoms with Crippen LogP contribution in [0.4, 0.5) is 10.1 Å². The highest BCUT2D eigenvalue weighted by Gasteiger charge is 2.45. The Morgan fingerprint density at radius 2 is 1.64 bits per heavy atom. The van der Waals surface area contributed by atoms with E-state index in [1.807, 2.05) is 44.2 Å². The van der Waals surface area contributed by atoms with E-state index < -0.39 is 17.5 Å². The Kier molecular flexibility index (Phi) is 6.27. The lowest BCUT2D eigenvalue weighted by Gasteiger charge is -2.39. The van der Waals surface area contributed by atoms with Gasteiger partial charge in [-0.15, -0.1) is 0 Å². The predicted molar refractivity (Wildman–Crippen MR) is 138 cm³/mol. The van der Waals surface area contributed by atoms with Crippen LogP contribution in [0.3, 0.4) is 0 Å². The summed E-state index contributed by atoms with van der Waals surface area (Å²) in [6.07, 6.45) is 0.848.